The molecule has 1 aromatic heterocycles. The fourth-order valence-electron chi connectivity index (χ4n) is 5.95. The van der Waals surface area contributed by atoms with E-state index in [0.717, 1.165) is 35.5 Å². The summed E-state index contributed by atoms with van der Waals surface area (Å²) in [7, 11) is -4.55. The Morgan fingerprint density at radius 2 is 1.56 bits per heavy atom. The molecule has 274 valence electrons. The van der Waals surface area contributed by atoms with E-state index in [9.17, 15) is 9.59 Å². The van der Waals surface area contributed by atoms with Crippen molar-refractivity contribution >= 4 is 45.7 Å². The van der Waals surface area contributed by atoms with Gasteiger partial charge in [0.1, 0.15) is 5.78 Å². The molecule has 48 heavy (non-hydrogen) atoms. The fourth-order valence-corrected chi connectivity index (χ4v) is 9.43. The summed E-state index contributed by atoms with van der Waals surface area (Å²) in [5.41, 5.74) is 2.38. The Hall–Kier alpha value is -1.40. The van der Waals surface area contributed by atoms with E-state index in [1.165, 1.54) is 5.57 Å². The Morgan fingerprint density at radius 1 is 1.00 bits per heavy atom. The highest BCUT2D eigenvalue weighted by Gasteiger charge is 2.50. The molecule has 1 N–H and O–H groups in total. The van der Waals surface area contributed by atoms with Gasteiger partial charge in [-0.05, 0) is 100 Å². The van der Waals surface area contributed by atoms with Crippen LogP contribution in [0.4, 0.5) is 0 Å². The van der Waals surface area contributed by atoms with Crippen molar-refractivity contribution in [3.63, 3.8) is 0 Å². The molecule has 0 bridgehead atoms. The van der Waals surface area contributed by atoms with Crippen LogP contribution in [0.15, 0.2) is 22.6 Å². The first-order valence-corrected chi connectivity index (χ1v) is 24.8. The smallest absolute Gasteiger partial charge is 0.223 e. The lowest BCUT2D eigenvalue weighted by molar-refractivity contribution is -0.142. The predicted octanol–water partition coefficient (Wildman–Crippen LogP) is 10.9. The average Bonchev–Trinajstić information content (AvgIpc) is 3.34. The molecule has 0 saturated carbocycles. The molecule has 5 atom stereocenters. The number of allylic oxidation sites excluding steroid dienone is 1. The van der Waals surface area contributed by atoms with Gasteiger partial charge in [0.2, 0.25) is 5.91 Å². The molecule has 9 heteroatoms. The Labute approximate surface area is 300 Å². The summed E-state index contributed by atoms with van der Waals surface area (Å²) in [6.07, 6.45) is 7.38. The van der Waals surface area contributed by atoms with E-state index in [2.05, 4.69) is 123 Å². The maximum Gasteiger partial charge on any atom is 0.223 e. The van der Waals surface area contributed by atoms with E-state index in [4.69, 9.17) is 8.85 Å². The first-order valence-electron chi connectivity index (χ1n) is 18.1. The van der Waals surface area contributed by atoms with Crippen LogP contribution in [0.5, 0.6) is 0 Å². The summed E-state index contributed by atoms with van der Waals surface area (Å²) in [5, 5.41) is 6.37. The van der Waals surface area contributed by atoms with E-state index in [1.807, 2.05) is 20.8 Å². The average molecular weight is 719 g/mol. The summed E-state index contributed by atoms with van der Waals surface area (Å²) in [4.78, 5) is 33.6. The maximum absolute atomic E-state index is 14.8. The van der Waals surface area contributed by atoms with Crippen molar-refractivity contribution in [2.45, 2.75) is 177 Å². The van der Waals surface area contributed by atoms with E-state index in [-0.39, 0.29) is 52.2 Å². The number of carbonyl (C=O) groups is 2. The number of hydrogen-bond acceptors (Lipinski definition) is 6. The molecule has 1 aromatic rings. The van der Waals surface area contributed by atoms with Crippen molar-refractivity contribution < 1.29 is 18.4 Å². The molecule has 1 amide bonds. The van der Waals surface area contributed by atoms with Crippen LogP contribution in [0.25, 0.3) is 6.08 Å². The Bertz CT molecular complexity index is 1320. The number of thiazole rings is 1. The molecule has 6 nitrogen and oxygen atoms in total. The standard InChI is InChI=1S/C39H70N2O4SSi2/c1-26-19-18-20-27(2)35(45-48(16,17)38(9,10)11)29(4)36(43)39(12,13)33(44-47(14,15)37(6,7)8)24-34(42)41-32(22-21-26)28(3)23-31-25-46-30(5)40-31/h21,23,25,27,29,32-33,35H,18-20,22,24H2,1-17H3,(H,41,42)/b26-21-,28-23+/t27?,29?,32-,33?,35-/m0/s1. The minimum absolute atomic E-state index is 0.0209. The number of nitrogens with zero attached hydrogens (tertiary/aromatic N) is 1. The number of amides is 1. The summed E-state index contributed by atoms with van der Waals surface area (Å²) in [5.74, 6) is -0.122. The lowest BCUT2D eigenvalue weighted by Crippen LogP contribution is -2.55. The van der Waals surface area contributed by atoms with E-state index in [1.54, 1.807) is 11.3 Å². The zero-order valence-corrected chi connectivity index (χ0v) is 36.5. The van der Waals surface area contributed by atoms with E-state index >= 15 is 0 Å². The molecule has 2 heterocycles. The molecule has 0 saturated heterocycles. The van der Waals surface area contributed by atoms with Gasteiger partial charge >= 0.3 is 0 Å². The van der Waals surface area contributed by atoms with Gasteiger partial charge < -0.3 is 14.2 Å². The lowest BCUT2D eigenvalue weighted by atomic mass is 9.73. The van der Waals surface area contributed by atoms with Crippen molar-refractivity contribution in [3.8, 4) is 0 Å². The number of Topliss-reactive ketones (excluding diaryl/α,β-unsaturated/α-hetero) is 1. The molecule has 0 spiro atoms. The minimum Gasteiger partial charge on any atom is -0.413 e. The molecular formula is C39H70N2O4SSi2. The molecule has 0 aliphatic carbocycles. The van der Waals surface area contributed by atoms with Crippen LogP contribution in [0.2, 0.25) is 36.3 Å². The number of nitrogens with one attached hydrogen (secondary N) is 1. The van der Waals surface area contributed by atoms with Crippen LogP contribution in [-0.2, 0) is 18.4 Å². The predicted molar refractivity (Wildman–Crippen MR) is 211 cm³/mol. The third kappa shape index (κ3) is 11.3. The van der Waals surface area contributed by atoms with Crippen LogP contribution in [-0.4, -0.2) is 51.6 Å². The number of aryl methyl sites for hydroxylation is 1. The molecule has 1 aliphatic heterocycles. The highest BCUT2D eigenvalue weighted by molar-refractivity contribution is 7.09. The van der Waals surface area contributed by atoms with Gasteiger partial charge in [-0.15, -0.1) is 11.3 Å². The highest BCUT2D eigenvalue weighted by Crippen LogP contribution is 2.44. The first kappa shape index (κ1) is 42.8. The topological polar surface area (TPSA) is 77.5 Å². The van der Waals surface area contributed by atoms with Gasteiger partial charge in [-0.25, -0.2) is 4.98 Å². The summed E-state index contributed by atoms with van der Waals surface area (Å²) >= 11 is 1.63. The van der Waals surface area contributed by atoms with Gasteiger partial charge in [0, 0.05) is 16.7 Å². The maximum atomic E-state index is 14.8. The van der Waals surface area contributed by atoms with Gasteiger partial charge in [0.05, 0.1) is 35.4 Å². The highest BCUT2D eigenvalue weighted by atomic mass is 32.1. The van der Waals surface area contributed by atoms with Crippen molar-refractivity contribution in [2.24, 2.45) is 17.3 Å². The number of aromatic nitrogens is 1. The van der Waals surface area contributed by atoms with Crippen molar-refractivity contribution in [3.05, 3.63) is 33.3 Å². The van der Waals surface area contributed by atoms with Crippen molar-refractivity contribution in [2.75, 3.05) is 0 Å². The monoisotopic (exact) mass is 718 g/mol. The fraction of sp³-hybridized carbons (Fsp3) is 0.769. The number of hydrogen-bond donors (Lipinski definition) is 1. The Kier molecular flexibility index (Phi) is 14.5. The molecule has 3 unspecified atom stereocenters. The zero-order valence-electron chi connectivity index (χ0n) is 33.6. The largest absolute Gasteiger partial charge is 0.413 e. The van der Waals surface area contributed by atoms with Gasteiger partial charge in [-0.3, -0.25) is 9.59 Å². The second-order valence-electron chi connectivity index (χ2n) is 18.2. The van der Waals surface area contributed by atoms with E-state index in [0.29, 0.717) is 6.42 Å². The zero-order chi connectivity index (χ0) is 37.0. The quantitative estimate of drug-likeness (QED) is 0.234. The number of ketones is 1. The van der Waals surface area contributed by atoms with Crippen LogP contribution < -0.4 is 5.32 Å². The van der Waals surface area contributed by atoms with Crippen molar-refractivity contribution in [1.82, 2.24) is 10.3 Å². The number of rotatable bonds is 6. The van der Waals surface area contributed by atoms with Gasteiger partial charge in [0.25, 0.3) is 0 Å². The van der Waals surface area contributed by atoms with Crippen LogP contribution >= 0.6 is 11.3 Å². The molecule has 0 aromatic carbocycles. The number of carbonyl (C=O) groups excluding carboxylic acids is 2. The van der Waals surface area contributed by atoms with Gasteiger partial charge in [0.15, 0.2) is 16.6 Å². The molecule has 2 rings (SSSR count). The molecule has 0 fully saturated rings. The molecular weight excluding hydrogens is 649 g/mol. The van der Waals surface area contributed by atoms with Crippen molar-refractivity contribution in [1.29, 1.82) is 0 Å². The minimum atomic E-state index is -2.36. The normalized spacial score (nSPS) is 27.7. The SMILES string of the molecule is C/C1=C/C[C@@H](/C(C)=C/c2csc(C)n2)NC(=O)CC(O[Si](C)(C)C(C)(C)C)C(C)(C)C(=O)C(C)[C@@H](O[Si](C)(C)C(C)(C)C)C(C)CCC1. The second kappa shape index (κ2) is 16.3. The van der Waals surface area contributed by atoms with Crippen LogP contribution in [0, 0.1) is 24.2 Å². The third-order valence-corrected chi connectivity index (χ3v) is 21.3. The molecule has 0 radical (unpaired) electrons. The summed E-state index contributed by atoms with van der Waals surface area (Å²) < 4.78 is 14.2. The first-order chi connectivity index (χ1) is 21.7. The van der Waals surface area contributed by atoms with E-state index < -0.39 is 28.2 Å². The Morgan fingerprint density at radius 3 is 2.08 bits per heavy atom. The Balaban J connectivity index is 2.66. The van der Waals surface area contributed by atoms with Gasteiger partial charge in [-0.2, -0.15) is 0 Å². The third-order valence-electron chi connectivity index (χ3n) is 11.6. The lowest BCUT2D eigenvalue weighted by Gasteiger charge is -2.46. The second-order valence-corrected chi connectivity index (χ2v) is 28.8. The van der Waals surface area contributed by atoms with Crippen LogP contribution in [0.1, 0.15) is 126 Å². The van der Waals surface area contributed by atoms with Crippen LogP contribution in [0.3, 0.4) is 0 Å². The summed E-state index contributed by atoms with van der Waals surface area (Å²) in [6, 6.07) is -0.185. The summed E-state index contributed by atoms with van der Waals surface area (Å²) in [6.45, 7) is 36.9. The van der Waals surface area contributed by atoms with Gasteiger partial charge in [-0.1, -0.05) is 80.9 Å². The molecule has 1 aliphatic rings.